The van der Waals surface area contributed by atoms with Gasteiger partial charge in [0.25, 0.3) is 0 Å². The van der Waals surface area contributed by atoms with Gasteiger partial charge >= 0.3 is 0 Å². The van der Waals surface area contributed by atoms with Crippen molar-refractivity contribution in [2.75, 3.05) is 44.7 Å². The molecule has 152 valence electrons. The fraction of sp³-hybridized carbons (Fsp3) is 0.333. The first-order valence-electron chi connectivity index (χ1n) is 9.51. The van der Waals surface area contributed by atoms with Gasteiger partial charge in [-0.3, -0.25) is 4.90 Å². The second-order valence-electron chi connectivity index (χ2n) is 6.99. The number of benzene rings is 2. The lowest BCUT2D eigenvalue weighted by Gasteiger charge is -2.34. The average Bonchev–Trinajstić information content (AvgIpc) is 3.22. The average molecular weight is 449 g/mol. The number of hydrogen-bond donors (Lipinski definition) is 0. The van der Waals surface area contributed by atoms with Gasteiger partial charge in [0.1, 0.15) is 5.75 Å². The van der Waals surface area contributed by atoms with Crippen molar-refractivity contribution >= 4 is 39.9 Å². The van der Waals surface area contributed by atoms with E-state index in [9.17, 15) is 0 Å². The molecule has 0 radical (unpaired) electrons. The van der Waals surface area contributed by atoms with Gasteiger partial charge in [-0.05, 0) is 42.3 Å². The molecule has 0 N–H and O–H groups in total. The number of aromatic nitrogens is 2. The summed E-state index contributed by atoms with van der Waals surface area (Å²) < 4.78 is 9.81. The Hall–Kier alpha value is -1.86. The summed E-state index contributed by atoms with van der Waals surface area (Å²) in [4.78, 5) is 9.50. The van der Waals surface area contributed by atoms with Crippen LogP contribution in [0.1, 0.15) is 5.56 Å². The van der Waals surface area contributed by atoms with Gasteiger partial charge in [-0.1, -0.05) is 35.3 Å². The summed E-state index contributed by atoms with van der Waals surface area (Å²) in [7, 11) is 1.71. The Balaban J connectivity index is 1.32. The Kier molecular flexibility index (Phi) is 6.55. The van der Waals surface area contributed by atoms with Crippen molar-refractivity contribution < 1.29 is 4.74 Å². The van der Waals surface area contributed by atoms with Crippen LogP contribution in [0.3, 0.4) is 0 Å². The van der Waals surface area contributed by atoms with Crippen LogP contribution in [0.25, 0.3) is 11.4 Å². The molecule has 0 unspecified atom stereocenters. The van der Waals surface area contributed by atoms with E-state index in [1.807, 2.05) is 24.3 Å². The van der Waals surface area contributed by atoms with Crippen LogP contribution in [0.5, 0.6) is 5.75 Å². The molecule has 1 aliphatic heterocycles. The summed E-state index contributed by atoms with van der Waals surface area (Å²) in [6, 6.07) is 13.7. The number of nitrogens with zero attached hydrogens (tertiary/aromatic N) is 4. The third-order valence-corrected chi connectivity index (χ3v) is 6.24. The molecular weight excluding hydrogens is 427 g/mol. The maximum absolute atomic E-state index is 6.10. The molecule has 0 atom stereocenters. The SMILES string of the molecule is COc1cccc(CCN2CCN(c3nc(-c4cc(Cl)cc(Cl)c4)ns3)CC2)c1. The molecule has 5 nitrogen and oxygen atoms in total. The zero-order valence-electron chi connectivity index (χ0n) is 16.1. The van der Waals surface area contributed by atoms with Gasteiger partial charge in [-0.2, -0.15) is 9.36 Å². The number of methoxy groups -OCH3 is 1. The van der Waals surface area contributed by atoms with E-state index in [-0.39, 0.29) is 0 Å². The number of hydrogen-bond acceptors (Lipinski definition) is 6. The molecule has 4 rings (SSSR count). The first-order valence-corrected chi connectivity index (χ1v) is 11.0. The van der Waals surface area contributed by atoms with E-state index in [1.165, 1.54) is 17.1 Å². The van der Waals surface area contributed by atoms with Gasteiger partial charge in [0.05, 0.1) is 7.11 Å². The van der Waals surface area contributed by atoms with Crippen LogP contribution in [0.15, 0.2) is 42.5 Å². The number of piperazine rings is 1. The zero-order valence-corrected chi connectivity index (χ0v) is 18.5. The number of rotatable bonds is 6. The van der Waals surface area contributed by atoms with Gasteiger partial charge in [-0.25, -0.2) is 0 Å². The highest BCUT2D eigenvalue weighted by Gasteiger charge is 2.20. The molecule has 3 aromatic rings. The molecule has 29 heavy (non-hydrogen) atoms. The molecule has 0 aliphatic carbocycles. The highest BCUT2D eigenvalue weighted by Crippen LogP contribution is 2.29. The molecule has 1 aromatic heterocycles. The fourth-order valence-electron chi connectivity index (χ4n) is 3.42. The lowest BCUT2D eigenvalue weighted by molar-refractivity contribution is 0.261. The van der Waals surface area contributed by atoms with Crippen molar-refractivity contribution in [1.82, 2.24) is 14.3 Å². The van der Waals surface area contributed by atoms with E-state index < -0.39 is 0 Å². The van der Waals surface area contributed by atoms with Crippen LogP contribution in [0, 0.1) is 0 Å². The molecule has 0 saturated carbocycles. The maximum Gasteiger partial charge on any atom is 0.205 e. The van der Waals surface area contributed by atoms with Gasteiger partial charge < -0.3 is 9.64 Å². The van der Waals surface area contributed by atoms with Gasteiger partial charge in [0.15, 0.2) is 5.82 Å². The van der Waals surface area contributed by atoms with E-state index >= 15 is 0 Å². The molecule has 1 fully saturated rings. The topological polar surface area (TPSA) is 41.5 Å². The largest absolute Gasteiger partial charge is 0.497 e. The Morgan fingerprint density at radius 2 is 1.79 bits per heavy atom. The van der Waals surface area contributed by atoms with Crippen molar-refractivity contribution in [1.29, 1.82) is 0 Å². The van der Waals surface area contributed by atoms with Crippen LogP contribution >= 0.6 is 34.7 Å². The predicted molar refractivity (Wildman–Crippen MR) is 121 cm³/mol. The van der Waals surface area contributed by atoms with E-state index in [0.29, 0.717) is 15.9 Å². The van der Waals surface area contributed by atoms with E-state index in [2.05, 4.69) is 26.3 Å². The summed E-state index contributed by atoms with van der Waals surface area (Å²) in [5, 5.41) is 2.13. The molecule has 0 bridgehead atoms. The third-order valence-electron chi connectivity index (χ3n) is 5.03. The van der Waals surface area contributed by atoms with Crippen molar-refractivity contribution in [2.24, 2.45) is 0 Å². The van der Waals surface area contributed by atoms with Crippen molar-refractivity contribution in [3.63, 3.8) is 0 Å². The first kappa shape index (κ1) is 20.4. The lowest BCUT2D eigenvalue weighted by Crippen LogP contribution is -2.47. The van der Waals surface area contributed by atoms with Crippen LogP contribution < -0.4 is 9.64 Å². The molecule has 2 aromatic carbocycles. The molecule has 8 heteroatoms. The number of anilines is 1. The van der Waals surface area contributed by atoms with Crippen molar-refractivity contribution in [3.8, 4) is 17.1 Å². The highest BCUT2D eigenvalue weighted by molar-refractivity contribution is 7.09. The second kappa shape index (κ2) is 9.30. The van der Waals surface area contributed by atoms with E-state index in [1.54, 1.807) is 13.2 Å². The molecule has 1 aliphatic rings. The van der Waals surface area contributed by atoms with Gasteiger partial charge in [0, 0.05) is 59.9 Å². The van der Waals surface area contributed by atoms with Gasteiger partial charge in [-0.15, -0.1) is 0 Å². The van der Waals surface area contributed by atoms with Crippen LogP contribution in [-0.2, 0) is 6.42 Å². The minimum atomic E-state index is 0.591. The summed E-state index contributed by atoms with van der Waals surface area (Å²) in [6.45, 7) is 4.97. The minimum Gasteiger partial charge on any atom is -0.497 e. The molecular formula is C21H22Cl2N4OS. The number of ether oxygens (including phenoxy) is 1. The normalized spacial score (nSPS) is 14.9. The smallest absolute Gasteiger partial charge is 0.205 e. The molecule has 2 heterocycles. The maximum atomic E-state index is 6.10. The third kappa shape index (κ3) is 5.20. The van der Waals surface area contributed by atoms with Crippen LogP contribution in [0.2, 0.25) is 10.0 Å². The highest BCUT2D eigenvalue weighted by atomic mass is 35.5. The Labute approximate surface area is 185 Å². The zero-order chi connectivity index (χ0) is 20.2. The van der Waals surface area contributed by atoms with Crippen LogP contribution in [0.4, 0.5) is 5.13 Å². The Morgan fingerprint density at radius 1 is 1.03 bits per heavy atom. The standard InChI is InChI=1S/C21H22Cl2N4OS/c1-28-19-4-2-3-15(11-19)5-6-26-7-9-27(10-8-26)21-24-20(25-29-21)16-12-17(22)14-18(23)13-16/h2-4,11-14H,5-10H2,1H3. The lowest BCUT2D eigenvalue weighted by atomic mass is 10.1. The van der Waals surface area contributed by atoms with Gasteiger partial charge in [0.2, 0.25) is 5.13 Å². The predicted octanol–water partition coefficient (Wildman–Crippen LogP) is 4.89. The first-order chi connectivity index (χ1) is 14.1. The van der Waals surface area contributed by atoms with E-state index in [4.69, 9.17) is 32.9 Å². The Morgan fingerprint density at radius 3 is 2.52 bits per heavy atom. The molecule has 0 amide bonds. The summed E-state index contributed by atoms with van der Waals surface area (Å²) in [5.74, 6) is 1.59. The van der Waals surface area contributed by atoms with E-state index in [0.717, 1.165) is 55.6 Å². The fourth-order valence-corrected chi connectivity index (χ4v) is 4.69. The molecule has 1 saturated heterocycles. The van der Waals surface area contributed by atoms with Crippen LogP contribution in [-0.4, -0.2) is 54.1 Å². The second-order valence-corrected chi connectivity index (χ2v) is 8.59. The Bertz CT molecular complexity index is 953. The number of halogens is 2. The minimum absolute atomic E-state index is 0.591. The summed E-state index contributed by atoms with van der Waals surface area (Å²) in [6.07, 6.45) is 1.02. The summed E-state index contributed by atoms with van der Waals surface area (Å²) >= 11 is 13.6. The van der Waals surface area contributed by atoms with Crippen molar-refractivity contribution in [3.05, 3.63) is 58.1 Å². The van der Waals surface area contributed by atoms with Crippen molar-refractivity contribution in [2.45, 2.75) is 6.42 Å². The quantitative estimate of drug-likeness (QED) is 0.536. The molecule has 0 spiro atoms. The monoisotopic (exact) mass is 448 g/mol. The summed E-state index contributed by atoms with van der Waals surface area (Å²) in [5.41, 5.74) is 2.16.